The fourth-order valence-electron chi connectivity index (χ4n) is 1.38. The van der Waals surface area contributed by atoms with E-state index < -0.39 is 0 Å². The van der Waals surface area contributed by atoms with Crippen molar-refractivity contribution >= 4 is 16.9 Å². The number of hydrogen-bond donors (Lipinski definition) is 1. The Morgan fingerprint density at radius 2 is 2.33 bits per heavy atom. The van der Waals surface area contributed by atoms with Crippen LogP contribution >= 0.6 is 11.8 Å². The predicted octanol–water partition coefficient (Wildman–Crippen LogP) is 1.66. The molecule has 0 aromatic rings. The molecular weight excluding hydrogens is 206 g/mol. The van der Waals surface area contributed by atoms with Crippen molar-refractivity contribution < 1.29 is 0 Å². The van der Waals surface area contributed by atoms with Crippen LogP contribution in [0.1, 0.15) is 20.3 Å². The molecule has 0 amide bonds. The molecule has 0 aromatic heterocycles. The lowest BCUT2D eigenvalue weighted by Gasteiger charge is -2.22. The first kappa shape index (κ1) is 12.8. The van der Waals surface area contributed by atoms with Gasteiger partial charge in [-0.1, -0.05) is 18.7 Å². The van der Waals surface area contributed by atoms with Gasteiger partial charge in [-0.05, 0) is 39.9 Å². The van der Waals surface area contributed by atoms with Crippen LogP contribution in [-0.4, -0.2) is 49.0 Å². The molecule has 15 heavy (non-hydrogen) atoms. The molecule has 0 radical (unpaired) electrons. The first-order chi connectivity index (χ1) is 7.08. The molecule has 1 aliphatic rings. The van der Waals surface area contributed by atoms with Crippen LogP contribution in [0.3, 0.4) is 0 Å². The summed E-state index contributed by atoms with van der Waals surface area (Å²) in [6, 6.07) is 0.520. The Hall–Kier alpha value is -0.220. The highest BCUT2D eigenvalue weighted by Crippen LogP contribution is 2.16. The summed E-state index contributed by atoms with van der Waals surface area (Å²) in [7, 11) is 4.22. The van der Waals surface area contributed by atoms with E-state index in [0.717, 1.165) is 24.2 Å². The second-order valence-corrected chi connectivity index (χ2v) is 5.71. The number of thioether (sulfide) groups is 1. The molecule has 3 nitrogen and oxygen atoms in total. The maximum Gasteiger partial charge on any atom is 0.156 e. The lowest BCUT2D eigenvalue weighted by molar-refractivity contribution is 0.379. The van der Waals surface area contributed by atoms with E-state index in [2.05, 4.69) is 43.2 Å². The molecule has 1 rings (SSSR count). The van der Waals surface area contributed by atoms with Gasteiger partial charge in [0, 0.05) is 18.3 Å². The van der Waals surface area contributed by atoms with Crippen molar-refractivity contribution in [1.29, 1.82) is 0 Å². The SMILES string of the molecule is CC1CN=C(NC(C)CCN(C)C)SC1. The lowest BCUT2D eigenvalue weighted by Crippen LogP contribution is -2.35. The van der Waals surface area contributed by atoms with Crippen molar-refractivity contribution in [2.75, 3.05) is 32.9 Å². The second-order valence-electron chi connectivity index (χ2n) is 4.70. The summed E-state index contributed by atoms with van der Waals surface area (Å²) in [6.45, 7) is 6.59. The maximum atomic E-state index is 4.53. The third kappa shape index (κ3) is 5.42. The van der Waals surface area contributed by atoms with Crippen LogP contribution in [-0.2, 0) is 0 Å². The van der Waals surface area contributed by atoms with E-state index in [1.165, 1.54) is 12.2 Å². The Kier molecular flexibility index (Phi) is 5.47. The minimum absolute atomic E-state index is 0.520. The van der Waals surface area contributed by atoms with Crippen molar-refractivity contribution in [3.8, 4) is 0 Å². The molecule has 88 valence electrons. The minimum atomic E-state index is 0.520. The molecule has 1 aliphatic heterocycles. The molecular formula is C11H23N3S. The van der Waals surface area contributed by atoms with Crippen molar-refractivity contribution in [2.24, 2.45) is 10.9 Å². The summed E-state index contributed by atoms with van der Waals surface area (Å²) in [6.07, 6.45) is 1.17. The lowest BCUT2D eigenvalue weighted by atomic mass is 10.2. The molecule has 4 heteroatoms. The van der Waals surface area contributed by atoms with Crippen LogP contribution in [0, 0.1) is 5.92 Å². The second kappa shape index (κ2) is 6.38. The average Bonchev–Trinajstić information content (AvgIpc) is 2.19. The summed E-state index contributed by atoms with van der Waals surface area (Å²) in [5, 5.41) is 4.62. The van der Waals surface area contributed by atoms with Gasteiger partial charge in [0.1, 0.15) is 0 Å². The Morgan fingerprint density at radius 1 is 1.60 bits per heavy atom. The molecule has 0 fully saturated rings. The number of amidine groups is 1. The van der Waals surface area contributed by atoms with Crippen molar-refractivity contribution in [2.45, 2.75) is 26.3 Å². The first-order valence-corrected chi connectivity index (χ1v) is 6.65. The predicted molar refractivity (Wildman–Crippen MR) is 69.7 cm³/mol. The molecule has 2 unspecified atom stereocenters. The zero-order chi connectivity index (χ0) is 11.3. The highest BCUT2D eigenvalue weighted by molar-refractivity contribution is 8.13. The molecule has 1 N–H and O–H groups in total. The van der Waals surface area contributed by atoms with Gasteiger partial charge in [0.25, 0.3) is 0 Å². The van der Waals surface area contributed by atoms with E-state index in [0.29, 0.717) is 6.04 Å². The van der Waals surface area contributed by atoms with Gasteiger partial charge in [0.2, 0.25) is 0 Å². The summed E-state index contributed by atoms with van der Waals surface area (Å²) in [4.78, 5) is 6.75. The van der Waals surface area contributed by atoms with Gasteiger partial charge in [-0.3, -0.25) is 4.99 Å². The number of rotatable bonds is 4. The Bertz CT molecular complexity index is 216. The quantitative estimate of drug-likeness (QED) is 0.794. The Balaban J connectivity index is 2.22. The smallest absolute Gasteiger partial charge is 0.156 e. The van der Waals surface area contributed by atoms with Crippen LogP contribution in [0.2, 0.25) is 0 Å². The van der Waals surface area contributed by atoms with Crippen LogP contribution in [0.4, 0.5) is 0 Å². The molecule has 1 heterocycles. The van der Waals surface area contributed by atoms with E-state index in [9.17, 15) is 0 Å². The molecule has 0 spiro atoms. The molecule has 0 aromatic carbocycles. The summed E-state index contributed by atoms with van der Waals surface area (Å²) in [5.74, 6) is 1.93. The monoisotopic (exact) mass is 229 g/mol. The van der Waals surface area contributed by atoms with E-state index in [1.807, 2.05) is 11.8 Å². The summed E-state index contributed by atoms with van der Waals surface area (Å²) < 4.78 is 0. The van der Waals surface area contributed by atoms with Crippen molar-refractivity contribution in [3.05, 3.63) is 0 Å². The zero-order valence-electron chi connectivity index (χ0n) is 10.3. The first-order valence-electron chi connectivity index (χ1n) is 5.66. The van der Waals surface area contributed by atoms with Crippen LogP contribution in [0.25, 0.3) is 0 Å². The van der Waals surface area contributed by atoms with E-state index in [1.54, 1.807) is 0 Å². The van der Waals surface area contributed by atoms with Crippen molar-refractivity contribution in [3.63, 3.8) is 0 Å². The van der Waals surface area contributed by atoms with Gasteiger partial charge in [-0.2, -0.15) is 0 Å². The van der Waals surface area contributed by atoms with Gasteiger partial charge in [0.15, 0.2) is 5.17 Å². The normalized spacial score (nSPS) is 23.8. The van der Waals surface area contributed by atoms with Crippen LogP contribution < -0.4 is 5.32 Å². The Labute approximate surface area is 97.7 Å². The van der Waals surface area contributed by atoms with E-state index in [4.69, 9.17) is 0 Å². The number of nitrogens with one attached hydrogen (secondary N) is 1. The number of nitrogens with zero attached hydrogens (tertiary/aromatic N) is 2. The van der Waals surface area contributed by atoms with Gasteiger partial charge in [0.05, 0.1) is 0 Å². The van der Waals surface area contributed by atoms with Gasteiger partial charge in [-0.25, -0.2) is 0 Å². The summed E-state index contributed by atoms with van der Waals surface area (Å²) in [5.41, 5.74) is 0. The Morgan fingerprint density at radius 3 is 2.87 bits per heavy atom. The highest BCUT2D eigenvalue weighted by atomic mass is 32.2. The van der Waals surface area contributed by atoms with Crippen molar-refractivity contribution in [1.82, 2.24) is 10.2 Å². The summed E-state index contributed by atoms with van der Waals surface area (Å²) >= 11 is 1.86. The maximum absolute atomic E-state index is 4.53. The number of aliphatic imine (C=N–C) groups is 1. The van der Waals surface area contributed by atoms with Crippen LogP contribution in [0.15, 0.2) is 4.99 Å². The number of hydrogen-bond acceptors (Lipinski definition) is 4. The van der Waals surface area contributed by atoms with Gasteiger partial charge < -0.3 is 10.2 Å². The average molecular weight is 229 g/mol. The fourth-order valence-corrected chi connectivity index (χ4v) is 2.38. The molecule has 0 saturated heterocycles. The molecule has 0 bridgehead atoms. The minimum Gasteiger partial charge on any atom is -0.362 e. The van der Waals surface area contributed by atoms with E-state index in [-0.39, 0.29) is 0 Å². The van der Waals surface area contributed by atoms with Gasteiger partial charge >= 0.3 is 0 Å². The van der Waals surface area contributed by atoms with Gasteiger partial charge in [-0.15, -0.1) is 0 Å². The standard InChI is InChI=1S/C11H23N3S/c1-9-7-12-11(15-8-9)13-10(2)5-6-14(3)4/h9-10H,5-8H2,1-4H3,(H,12,13). The fraction of sp³-hybridized carbons (Fsp3) is 0.909. The molecule has 0 aliphatic carbocycles. The topological polar surface area (TPSA) is 27.6 Å². The largest absolute Gasteiger partial charge is 0.362 e. The van der Waals surface area contributed by atoms with Crippen LogP contribution in [0.5, 0.6) is 0 Å². The molecule has 0 saturated carbocycles. The molecule has 2 atom stereocenters. The highest BCUT2D eigenvalue weighted by Gasteiger charge is 2.13. The third-order valence-electron chi connectivity index (χ3n) is 2.43. The third-order valence-corrected chi connectivity index (χ3v) is 3.69. The van der Waals surface area contributed by atoms with E-state index >= 15 is 0 Å². The zero-order valence-corrected chi connectivity index (χ0v) is 11.1.